The summed E-state index contributed by atoms with van der Waals surface area (Å²) < 4.78 is 5.31. The first-order valence-corrected chi connectivity index (χ1v) is 3.86. The molecule has 0 radical (unpaired) electrons. The van der Waals surface area contributed by atoms with Gasteiger partial charge in [-0.2, -0.15) is 0 Å². The van der Waals surface area contributed by atoms with Crippen molar-refractivity contribution in [1.82, 2.24) is 0 Å². The van der Waals surface area contributed by atoms with Gasteiger partial charge in [-0.1, -0.05) is 6.08 Å². The molecule has 2 nitrogen and oxygen atoms in total. The number of allylic oxidation sites excluding steroid dienone is 2. The van der Waals surface area contributed by atoms with Crippen LogP contribution in [0.25, 0.3) is 0 Å². The Morgan fingerprint density at radius 1 is 1.45 bits per heavy atom. The van der Waals surface area contributed by atoms with Gasteiger partial charge in [0.05, 0.1) is 6.26 Å². The van der Waals surface area contributed by atoms with Crippen LogP contribution in [0.15, 0.2) is 23.7 Å². The average Bonchev–Trinajstić information content (AvgIpc) is 1.97. The second-order valence-electron chi connectivity index (χ2n) is 2.55. The zero-order chi connectivity index (χ0) is 8.69. The van der Waals surface area contributed by atoms with E-state index in [1.807, 2.05) is 26.8 Å². The van der Waals surface area contributed by atoms with Crippen molar-refractivity contribution in [3.8, 4) is 0 Å². The molecule has 0 fully saturated rings. The second-order valence-corrected chi connectivity index (χ2v) is 2.55. The van der Waals surface area contributed by atoms with Gasteiger partial charge in [0.2, 0.25) is 0 Å². The van der Waals surface area contributed by atoms with E-state index in [1.165, 1.54) is 5.57 Å². The molecule has 0 unspecified atom stereocenters. The van der Waals surface area contributed by atoms with E-state index in [4.69, 9.17) is 10.5 Å². The minimum atomic E-state index is 0.637. The number of nitrogens with two attached hydrogens (primary N) is 1. The SMILES string of the molecule is C/C=C\OC(CCN)=C(C)C. The average molecular weight is 155 g/mol. The quantitative estimate of drug-likeness (QED) is 0.631. The highest BCUT2D eigenvalue weighted by atomic mass is 16.5. The van der Waals surface area contributed by atoms with Crippen LogP contribution in [0.5, 0.6) is 0 Å². The molecular formula is C9H17NO. The molecule has 0 spiro atoms. The molecule has 0 saturated heterocycles. The molecule has 0 saturated carbocycles. The molecule has 0 rings (SSSR count). The number of hydrogen-bond acceptors (Lipinski definition) is 2. The molecule has 64 valence electrons. The maximum Gasteiger partial charge on any atom is 0.103 e. The maximum absolute atomic E-state index is 5.40. The van der Waals surface area contributed by atoms with Crippen molar-refractivity contribution in [2.75, 3.05) is 6.54 Å². The summed E-state index contributed by atoms with van der Waals surface area (Å²) in [4.78, 5) is 0. The Kier molecular flexibility index (Phi) is 5.57. The van der Waals surface area contributed by atoms with E-state index >= 15 is 0 Å². The predicted octanol–water partition coefficient (Wildman–Crippen LogP) is 2.18. The van der Waals surface area contributed by atoms with Gasteiger partial charge in [0.25, 0.3) is 0 Å². The van der Waals surface area contributed by atoms with Crippen LogP contribution < -0.4 is 5.73 Å². The monoisotopic (exact) mass is 155 g/mol. The molecule has 0 aromatic rings. The topological polar surface area (TPSA) is 35.2 Å². The van der Waals surface area contributed by atoms with Gasteiger partial charge in [0, 0.05) is 6.42 Å². The predicted molar refractivity (Wildman–Crippen MR) is 47.9 cm³/mol. The molecular weight excluding hydrogens is 138 g/mol. The summed E-state index contributed by atoms with van der Waals surface area (Å²) in [5.41, 5.74) is 6.59. The third-order valence-electron chi connectivity index (χ3n) is 1.28. The van der Waals surface area contributed by atoms with Crippen LogP contribution >= 0.6 is 0 Å². The number of ether oxygens (including phenoxy) is 1. The molecule has 2 heteroatoms. The van der Waals surface area contributed by atoms with E-state index < -0.39 is 0 Å². The lowest BCUT2D eigenvalue weighted by molar-refractivity contribution is 0.328. The Morgan fingerprint density at radius 3 is 2.45 bits per heavy atom. The van der Waals surface area contributed by atoms with Crippen LogP contribution in [0.1, 0.15) is 27.2 Å². The van der Waals surface area contributed by atoms with Crippen LogP contribution in [-0.2, 0) is 4.74 Å². The smallest absolute Gasteiger partial charge is 0.103 e. The summed E-state index contributed by atoms with van der Waals surface area (Å²) in [6.07, 6.45) is 4.35. The Hall–Kier alpha value is -0.760. The van der Waals surface area contributed by atoms with E-state index in [9.17, 15) is 0 Å². The van der Waals surface area contributed by atoms with Crippen LogP contribution in [0, 0.1) is 0 Å². The Morgan fingerprint density at radius 2 is 2.09 bits per heavy atom. The highest BCUT2D eigenvalue weighted by Crippen LogP contribution is 2.08. The van der Waals surface area contributed by atoms with Gasteiger partial charge in [0.15, 0.2) is 0 Å². The van der Waals surface area contributed by atoms with E-state index in [1.54, 1.807) is 6.26 Å². The van der Waals surface area contributed by atoms with E-state index in [0.29, 0.717) is 6.54 Å². The van der Waals surface area contributed by atoms with Crippen molar-refractivity contribution in [1.29, 1.82) is 0 Å². The van der Waals surface area contributed by atoms with Gasteiger partial charge in [-0.05, 0) is 32.9 Å². The van der Waals surface area contributed by atoms with E-state index in [-0.39, 0.29) is 0 Å². The minimum absolute atomic E-state index is 0.637. The van der Waals surface area contributed by atoms with Gasteiger partial charge >= 0.3 is 0 Å². The van der Waals surface area contributed by atoms with Gasteiger partial charge in [-0.15, -0.1) is 0 Å². The first kappa shape index (κ1) is 10.2. The molecule has 0 aliphatic heterocycles. The van der Waals surface area contributed by atoms with Crippen LogP contribution in [0.2, 0.25) is 0 Å². The maximum atomic E-state index is 5.40. The first-order valence-electron chi connectivity index (χ1n) is 3.86. The summed E-state index contributed by atoms with van der Waals surface area (Å²) in [5.74, 6) is 0.977. The van der Waals surface area contributed by atoms with Gasteiger partial charge in [-0.3, -0.25) is 0 Å². The molecule has 0 aromatic heterocycles. The number of rotatable bonds is 4. The second kappa shape index (κ2) is 5.98. The fourth-order valence-corrected chi connectivity index (χ4v) is 0.708. The lowest BCUT2D eigenvalue weighted by atomic mass is 10.2. The van der Waals surface area contributed by atoms with Crippen LogP contribution in [0.4, 0.5) is 0 Å². The molecule has 0 bridgehead atoms. The Bertz CT molecular complexity index is 155. The molecule has 0 atom stereocenters. The molecule has 0 aromatic carbocycles. The van der Waals surface area contributed by atoms with E-state index in [0.717, 1.165) is 12.2 Å². The summed E-state index contributed by atoms with van der Waals surface area (Å²) in [5, 5.41) is 0. The van der Waals surface area contributed by atoms with Crippen LogP contribution in [0.3, 0.4) is 0 Å². The lowest BCUT2D eigenvalue weighted by Gasteiger charge is -2.06. The first-order chi connectivity index (χ1) is 5.22. The van der Waals surface area contributed by atoms with Gasteiger partial charge in [-0.25, -0.2) is 0 Å². The van der Waals surface area contributed by atoms with Crippen molar-refractivity contribution < 1.29 is 4.74 Å². The fourth-order valence-electron chi connectivity index (χ4n) is 0.708. The Labute approximate surface area is 68.7 Å². The summed E-state index contributed by atoms with van der Waals surface area (Å²) in [7, 11) is 0. The summed E-state index contributed by atoms with van der Waals surface area (Å²) >= 11 is 0. The molecule has 0 heterocycles. The number of hydrogen-bond donors (Lipinski definition) is 1. The largest absolute Gasteiger partial charge is 0.470 e. The minimum Gasteiger partial charge on any atom is -0.470 e. The molecule has 0 aliphatic rings. The molecule has 0 amide bonds. The zero-order valence-electron chi connectivity index (χ0n) is 7.55. The van der Waals surface area contributed by atoms with Gasteiger partial charge < -0.3 is 10.5 Å². The molecule has 0 aliphatic carbocycles. The Balaban J connectivity index is 4.01. The standard InChI is InChI=1S/C9H17NO/c1-4-7-11-9(5-6-10)8(2)3/h4,7H,5-6,10H2,1-3H3/b7-4-. The highest BCUT2D eigenvalue weighted by molar-refractivity contribution is 5.04. The fraction of sp³-hybridized carbons (Fsp3) is 0.556. The lowest BCUT2D eigenvalue weighted by Crippen LogP contribution is -2.02. The van der Waals surface area contributed by atoms with Crippen molar-refractivity contribution in [2.24, 2.45) is 5.73 Å². The van der Waals surface area contributed by atoms with Crippen molar-refractivity contribution in [3.63, 3.8) is 0 Å². The van der Waals surface area contributed by atoms with Crippen molar-refractivity contribution in [3.05, 3.63) is 23.7 Å². The summed E-state index contributed by atoms with van der Waals surface area (Å²) in [6.45, 7) is 6.60. The van der Waals surface area contributed by atoms with Crippen molar-refractivity contribution >= 4 is 0 Å². The highest BCUT2D eigenvalue weighted by Gasteiger charge is 1.96. The van der Waals surface area contributed by atoms with Gasteiger partial charge in [0.1, 0.15) is 5.76 Å². The third-order valence-corrected chi connectivity index (χ3v) is 1.28. The van der Waals surface area contributed by atoms with Crippen molar-refractivity contribution in [2.45, 2.75) is 27.2 Å². The zero-order valence-corrected chi connectivity index (χ0v) is 7.55. The molecule has 2 N–H and O–H groups in total. The normalized spacial score (nSPS) is 10.2. The summed E-state index contributed by atoms with van der Waals surface area (Å²) in [6, 6.07) is 0. The van der Waals surface area contributed by atoms with E-state index in [2.05, 4.69) is 0 Å². The molecule has 11 heavy (non-hydrogen) atoms. The van der Waals surface area contributed by atoms with Crippen LogP contribution in [-0.4, -0.2) is 6.54 Å². The third kappa shape index (κ3) is 4.62.